The molecule has 3 amide bonds. The predicted octanol–water partition coefficient (Wildman–Crippen LogP) is 2.28. The topological polar surface area (TPSA) is 92.8 Å². The van der Waals surface area contributed by atoms with E-state index in [1.165, 1.54) is 24.3 Å². The highest BCUT2D eigenvalue weighted by molar-refractivity contribution is 6.02. The van der Waals surface area contributed by atoms with Gasteiger partial charge in [-0.1, -0.05) is 20.8 Å². The van der Waals surface area contributed by atoms with E-state index in [0.29, 0.717) is 17.2 Å². The first-order valence-corrected chi connectivity index (χ1v) is 7.49. The van der Waals surface area contributed by atoms with Gasteiger partial charge in [0, 0.05) is 24.9 Å². The molecule has 0 saturated carbocycles. The zero-order valence-electron chi connectivity index (χ0n) is 13.4. The number of nitrogens with zero attached hydrogens (tertiary/aromatic N) is 1. The monoisotopic (exact) mass is 320 g/mol. The van der Waals surface area contributed by atoms with Gasteiger partial charge in [-0.05, 0) is 24.3 Å². The summed E-state index contributed by atoms with van der Waals surface area (Å²) in [6.45, 7) is 5.73. The van der Waals surface area contributed by atoms with Crippen LogP contribution in [0.5, 0.6) is 0 Å². The first kappa shape index (κ1) is 18.3. The van der Waals surface area contributed by atoms with Crippen LogP contribution in [0.15, 0.2) is 24.3 Å². The number of anilines is 1. The van der Waals surface area contributed by atoms with E-state index in [1.54, 1.807) is 6.92 Å². The number of carbonyl (C=O) groups excluding carboxylic acids is 4. The van der Waals surface area contributed by atoms with E-state index >= 15 is 0 Å². The Balaban J connectivity index is 0.00000127. The normalized spacial score (nSPS) is 13.3. The Kier molecular flexibility index (Phi) is 6.92. The minimum atomic E-state index is -0.799. The SMILES string of the molecule is CC.CCC(=O)Nc1ccc(C(=O)ON2C(=O)CCC2=O)cc1. The molecule has 1 fully saturated rings. The molecule has 23 heavy (non-hydrogen) atoms. The van der Waals surface area contributed by atoms with Crippen LogP contribution >= 0.6 is 0 Å². The van der Waals surface area contributed by atoms with E-state index in [1.807, 2.05) is 13.8 Å². The largest absolute Gasteiger partial charge is 0.363 e. The lowest BCUT2D eigenvalue weighted by atomic mass is 10.2. The van der Waals surface area contributed by atoms with Gasteiger partial charge in [-0.2, -0.15) is 0 Å². The Labute approximate surface area is 134 Å². The predicted molar refractivity (Wildman–Crippen MR) is 83.2 cm³/mol. The van der Waals surface area contributed by atoms with E-state index in [2.05, 4.69) is 5.32 Å². The highest BCUT2D eigenvalue weighted by Gasteiger charge is 2.33. The molecular weight excluding hydrogens is 300 g/mol. The van der Waals surface area contributed by atoms with Crippen molar-refractivity contribution < 1.29 is 24.0 Å². The number of rotatable bonds is 4. The molecule has 1 saturated heterocycles. The van der Waals surface area contributed by atoms with Gasteiger partial charge in [0.1, 0.15) is 0 Å². The highest BCUT2D eigenvalue weighted by atomic mass is 16.7. The minimum absolute atomic E-state index is 0.0497. The number of imide groups is 1. The standard InChI is InChI=1S/C14H14N2O5.C2H6/c1-2-11(17)15-10-5-3-9(4-6-10)14(20)21-16-12(18)7-8-13(16)19;1-2/h3-6H,2,7-8H2,1H3,(H,15,17);1-2H3. The number of hydroxylamine groups is 2. The van der Waals surface area contributed by atoms with Crippen LogP contribution in [0.2, 0.25) is 0 Å². The molecule has 1 aromatic rings. The summed E-state index contributed by atoms with van der Waals surface area (Å²) >= 11 is 0. The molecule has 1 aliphatic rings. The summed E-state index contributed by atoms with van der Waals surface area (Å²) in [4.78, 5) is 50.5. The Morgan fingerprint density at radius 2 is 1.61 bits per heavy atom. The second-order valence-electron chi connectivity index (χ2n) is 4.44. The van der Waals surface area contributed by atoms with Crippen molar-refractivity contribution in [3.05, 3.63) is 29.8 Å². The maximum atomic E-state index is 11.8. The lowest BCUT2D eigenvalue weighted by molar-refractivity contribution is -0.172. The highest BCUT2D eigenvalue weighted by Crippen LogP contribution is 2.15. The smallest absolute Gasteiger partial charge is 0.326 e. The van der Waals surface area contributed by atoms with E-state index in [-0.39, 0.29) is 24.3 Å². The summed E-state index contributed by atoms with van der Waals surface area (Å²) in [6.07, 6.45) is 0.450. The van der Waals surface area contributed by atoms with Crippen molar-refractivity contribution in [2.75, 3.05) is 5.32 Å². The Hall–Kier alpha value is -2.70. The van der Waals surface area contributed by atoms with E-state index in [4.69, 9.17) is 4.84 Å². The van der Waals surface area contributed by atoms with Gasteiger partial charge in [0.25, 0.3) is 11.8 Å². The summed E-state index contributed by atoms with van der Waals surface area (Å²) in [5.41, 5.74) is 0.726. The summed E-state index contributed by atoms with van der Waals surface area (Å²) in [6, 6.07) is 5.97. The average Bonchev–Trinajstić information content (AvgIpc) is 2.89. The summed E-state index contributed by atoms with van der Waals surface area (Å²) < 4.78 is 0. The van der Waals surface area contributed by atoms with Crippen LogP contribution in [-0.2, 0) is 19.2 Å². The van der Waals surface area contributed by atoms with Crippen molar-refractivity contribution in [1.82, 2.24) is 5.06 Å². The van der Waals surface area contributed by atoms with Gasteiger partial charge in [-0.3, -0.25) is 14.4 Å². The van der Waals surface area contributed by atoms with Gasteiger partial charge >= 0.3 is 5.97 Å². The number of hydrogen-bond acceptors (Lipinski definition) is 5. The van der Waals surface area contributed by atoms with Gasteiger partial charge in [-0.15, -0.1) is 5.06 Å². The molecule has 1 N–H and O–H groups in total. The molecular formula is C16H20N2O5. The molecule has 0 radical (unpaired) electrons. The van der Waals surface area contributed by atoms with Crippen molar-refractivity contribution in [2.45, 2.75) is 40.0 Å². The van der Waals surface area contributed by atoms with Crippen molar-refractivity contribution in [2.24, 2.45) is 0 Å². The average molecular weight is 320 g/mol. The van der Waals surface area contributed by atoms with Crippen LogP contribution in [-0.4, -0.2) is 28.8 Å². The molecule has 0 bridgehead atoms. The van der Waals surface area contributed by atoms with Crippen LogP contribution in [0, 0.1) is 0 Å². The molecule has 1 aliphatic heterocycles. The van der Waals surface area contributed by atoms with Crippen LogP contribution in [0.3, 0.4) is 0 Å². The summed E-state index contributed by atoms with van der Waals surface area (Å²) in [5.74, 6) is -1.99. The zero-order valence-corrected chi connectivity index (χ0v) is 13.4. The van der Waals surface area contributed by atoms with Crippen molar-refractivity contribution in [1.29, 1.82) is 0 Å². The molecule has 0 aromatic heterocycles. The number of carbonyl (C=O) groups is 4. The molecule has 7 heteroatoms. The fourth-order valence-electron chi connectivity index (χ4n) is 1.73. The molecule has 0 aliphatic carbocycles. The molecule has 0 atom stereocenters. The molecule has 1 aromatic carbocycles. The maximum Gasteiger partial charge on any atom is 0.363 e. The van der Waals surface area contributed by atoms with Crippen molar-refractivity contribution in [3.8, 4) is 0 Å². The second-order valence-corrected chi connectivity index (χ2v) is 4.44. The Morgan fingerprint density at radius 3 is 2.09 bits per heavy atom. The van der Waals surface area contributed by atoms with Crippen molar-refractivity contribution in [3.63, 3.8) is 0 Å². The van der Waals surface area contributed by atoms with E-state index in [9.17, 15) is 19.2 Å². The Bertz CT molecular complexity index is 579. The van der Waals surface area contributed by atoms with Crippen molar-refractivity contribution >= 4 is 29.4 Å². The van der Waals surface area contributed by atoms with Crippen LogP contribution in [0.4, 0.5) is 5.69 Å². The lowest BCUT2D eigenvalue weighted by Gasteiger charge is -2.12. The third-order valence-corrected chi connectivity index (χ3v) is 2.91. The molecule has 7 nitrogen and oxygen atoms in total. The third kappa shape index (κ3) is 4.91. The molecule has 0 unspecified atom stereocenters. The van der Waals surface area contributed by atoms with Crippen LogP contribution in [0.25, 0.3) is 0 Å². The van der Waals surface area contributed by atoms with Gasteiger partial charge in [0.2, 0.25) is 5.91 Å². The molecule has 2 rings (SSSR count). The number of hydrogen-bond donors (Lipinski definition) is 1. The fourth-order valence-corrected chi connectivity index (χ4v) is 1.73. The Morgan fingerprint density at radius 1 is 1.09 bits per heavy atom. The quantitative estimate of drug-likeness (QED) is 0.859. The van der Waals surface area contributed by atoms with Gasteiger partial charge in [0.15, 0.2) is 0 Å². The third-order valence-electron chi connectivity index (χ3n) is 2.91. The van der Waals surface area contributed by atoms with Crippen LogP contribution in [0.1, 0.15) is 50.4 Å². The second kappa shape index (κ2) is 8.67. The number of benzene rings is 1. The first-order chi connectivity index (χ1) is 11.0. The fraction of sp³-hybridized carbons (Fsp3) is 0.375. The van der Waals surface area contributed by atoms with Gasteiger partial charge in [0.05, 0.1) is 5.56 Å². The summed E-state index contributed by atoms with van der Waals surface area (Å²) in [5, 5.41) is 3.13. The van der Waals surface area contributed by atoms with Gasteiger partial charge < -0.3 is 10.2 Å². The zero-order chi connectivity index (χ0) is 17.4. The lowest BCUT2D eigenvalue weighted by Crippen LogP contribution is -2.32. The number of amides is 3. The van der Waals surface area contributed by atoms with Crippen LogP contribution < -0.4 is 5.32 Å². The van der Waals surface area contributed by atoms with Gasteiger partial charge in [-0.25, -0.2) is 4.79 Å². The van der Waals surface area contributed by atoms with E-state index in [0.717, 1.165) is 0 Å². The molecule has 0 spiro atoms. The minimum Gasteiger partial charge on any atom is -0.326 e. The molecule has 1 heterocycles. The first-order valence-electron chi connectivity index (χ1n) is 7.49. The summed E-state index contributed by atoms with van der Waals surface area (Å²) in [7, 11) is 0. The maximum absolute atomic E-state index is 11.8. The number of nitrogens with one attached hydrogen (secondary N) is 1. The van der Waals surface area contributed by atoms with E-state index < -0.39 is 17.8 Å². The molecule has 124 valence electrons.